The highest BCUT2D eigenvalue weighted by Crippen LogP contribution is 2.05. The van der Waals surface area contributed by atoms with Gasteiger partial charge in [-0.15, -0.1) is 0 Å². The standard InChI is InChI=1S/C14H20N4O/c1-10(18(2)3)8-15-9-13-16-12-7-5-4-6-11(12)14(19)17-13/h4-7,10,15H,8-9H2,1-3H3,(H,16,17,19). The number of fused-ring (bicyclic) bond motifs is 1. The van der Waals surface area contributed by atoms with Gasteiger partial charge in [-0.2, -0.15) is 0 Å². The quantitative estimate of drug-likeness (QED) is 0.840. The molecule has 0 radical (unpaired) electrons. The molecule has 0 bridgehead atoms. The Hall–Kier alpha value is -1.72. The molecule has 0 spiro atoms. The van der Waals surface area contributed by atoms with E-state index in [-0.39, 0.29) is 5.56 Å². The normalized spacial score (nSPS) is 13.1. The van der Waals surface area contributed by atoms with Crippen molar-refractivity contribution in [3.63, 3.8) is 0 Å². The van der Waals surface area contributed by atoms with E-state index in [0.29, 0.717) is 23.8 Å². The van der Waals surface area contributed by atoms with Crippen LogP contribution in [0.25, 0.3) is 10.9 Å². The van der Waals surface area contributed by atoms with Crippen LogP contribution < -0.4 is 10.9 Å². The van der Waals surface area contributed by atoms with E-state index in [9.17, 15) is 4.79 Å². The third-order valence-corrected chi connectivity index (χ3v) is 3.28. The Bertz CT molecular complexity index is 606. The fourth-order valence-electron chi connectivity index (χ4n) is 1.80. The minimum absolute atomic E-state index is 0.0805. The molecule has 0 aliphatic carbocycles. The summed E-state index contributed by atoms with van der Waals surface area (Å²) in [5.41, 5.74) is 0.659. The lowest BCUT2D eigenvalue weighted by Gasteiger charge is -2.19. The first kappa shape index (κ1) is 13.7. The van der Waals surface area contributed by atoms with Gasteiger partial charge in [-0.25, -0.2) is 4.98 Å². The van der Waals surface area contributed by atoms with Crippen LogP contribution in [0.4, 0.5) is 0 Å². The number of hydrogen-bond acceptors (Lipinski definition) is 4. The maximum Gasteiger partial charge on any atom is 0.258 e. The summed E-state index contributed by atoms with van der Waals surface area (Å²) in [5.74, 6) is 0.676. The fraction of sp³-hybridized carbons (Fsp3) is 0.429. The average molecular weight is 260 g/mol. The maximum absolute atomic E-state index is 11.9. The molecule has 0 saturated heterocycles. The van der Waals surface area contributed by atoms with E-state index in [1.807, 2.05) is 32.3 Å². The van der Waals surface area contributed by atoms with Crippen molar-refractivity contribution in [1.29, 1.82) is 0 Å². The topological polar surface area (TPSA) is 61.0 Å². The number of likely N-dealkylation sites (N-methyl/N-ethyl adjacent to an activating group) is 1. The Morgan fingerprint density at radius 3 is 2.84 bits per heavy atom. The molecular formula is C14H20N4O. The summed E-state index contributed by atoms with van der Waals surface area (Å²) in [4.78, 5) is 21.3. The predicted molar refractivity (Wildman–Crippen MR) is 77.2 cm³/mol. The van der Waals surface area contributed by atoms with Crippen molar-refractivity contribution in [1.82, 2.24) is 20.2 Å². The molecule has 5 nitrogen and oxygen atoms in total. The van der Waals surface area contributed by atoms with Gasteiger partial charge in [0.2, 0.25) is 0 Å². The van der Waals surface area contributed by atoms with Gasteiger partial charge in [-0.3, -0.25) is 4.79 Å². The molecule has 5 heteroatoms. The number of rotatable bonds is 5. The van der Waals surface area contributed by atoms with E-state index in [0.717, 1.165) is 12.1 Å². The molecule has 0 amide bonds. The van der Waals surface area contributed by atoms with E-state index < -0.39 is 0 Å². The van der Waals surface area contributed by atoms with Crippen molar-refractivity contribution >= 4 is 10.9 Å². The summed E-state index contributed by atoms with van der Waals surface area (Å²) in [6.45, 7) is 3.56. The van der Waals surface area contributed by atoms with Gasteiger partial charge in [0.05, 0.1) is 17.4 Å². The third kappa shape index (κ3) is 3.39. The number of hydrogen-bond donors (Lipinski definition) is 2. The Kier molecular flexibility index (Phi) is 4.29. The van der Waals surface area contributed by atoms with Crippen molar-refractivity contribution in [3.8, 4) is 0 Å². The second-order valence-corrected chi connectivity index (χ2v) is 4.97. The number of aromatic nitrogens is 2. The number of benzene rings is 1. The number of nitrogens with zero attached hydrogens (tertiary/aromatic N) is 2. The molecule has 19 heavy (non-hydrogen) atoms. The highest BCUT2D eigenvalue weighted by Gasteiger charge is 2.05. The monoisotopic (exact) mass is 260 g/mol. The smallest absolute Gasteiger partial charge is 0.258 e. The zero-order chi connectivity index (χ0) is 13.8. The van der Waals surface area contributed by atoms with Gasteiger partial charge in [0.15, 0.2) is 0 Å². The Balaban J connectivity index is 2.08. The van der Waals surface area contributed by atoms with Crippen LogP contribution in [-0.2, 0) is 6.54 Å². The number of nitrogens with one attached hydrogen (secondary N) is 2. The summed E-state index contributed by atoms with van der Waals surface area (Å²) in [6.07, 6.45) is 0. The second kappa shape index (κ2) is 5.95. The molecule has 2 aromatic rings. The van der Waals surface area contributed by atoms with Gasteiger partial charge in [0.1, 0.15) is 5.82 Å². The highest BCUT2D eigenvalue weighted by molar-refractivity contribution is 5.77. The lowest BCUT2D eigenvalue weighted by molar-refractivity contribution is 0.302. The van der Waals surface area contributed by atoms with Crippen molar-refractivity contribution in [2.75, 3.05) is 20.6 Å². The summed E-state index contributed by atoms with van der Waals surface area (Å²) in [7, 11) is 4.09. The van der Waals surface area contributed by atoms with Crippen LogP contribution in [0.5, 0.6) is 0 Å². The van der Waals surface area contributed by atoms with E-state index in [1.165, 1.54) is 0 Å². The molecule has 102 valence electrons. The Morgan fingerprint density at radius 1 is 1.37 bits per heavy atom. The molecule has 0 saturated carbocycles. The van der Waals surface area contributed by atoms with Gasteiger partial charge in [-0.1, -0.05) is 12.1 Å². The van der Waals surface area contributed by atoms with Gasteiger partial charge < -0.3 is 15.2 Å². The van der Waals surface area contributed by atoms with Crippen molar-refractivity contribution in [2.45, 2.75) is 19.5 Å². The first-order chi connectivity index (χ1) is 9.08. The second-order valence-electron chi connectivity index (χ2n) is 4.97. The Labute approximate surface area is 112 Å². The molecule has 1 atom stereocenters. The van der Waals surface area contributed by atoms with Crippen LogP contribution in [-0.4, -0.2) is 41.5 Å². The van der Waals surface area contributed by atoms with Crippen LogP contribution in [0.3, 0.4) is 0 Å². The fourth-order valence-corrected chi connectivity index (χ4v) is 1.80. The first-order valence-corrected chi connectivity index (χ1v) is 6.43. The lowest BCUT2D eigenvalue weighted by Crippen LogP contribution is -2.35. The molecular weight excluding hydrogens is 240 g/mol. The molecule has 2 rings (SSSR count). The van der Waals surface area contributed by atoms with Crippen LogP contribution in [0.15, 0.2) is 29.1 Å². The lowest BCUT2D eigenvalue weighted by atomic mass is 10.2. The van der Waals surface area contributed by atoms with Crippen molar-refractivity contribution in [3.05, 3.63) is 40.4 Å². The van der Waals surface area contributed by atoms with Gasteiger partial charge in [0, 0.05) is 12.6 Å². The zero-order valence-corrected chi connectivity index (χ0v) is 11.6. The van der Waals surface area contributed by atoms with Crippen molar-refractivity contribution in [2.24, 2.45) is 0 Å². The largest absolute Gasteiger partial charge is 0.309 e. The maximum atomic E-state index is 11.9. The number of H-pyrrole nitrogens is 1. The summed E-state index contributed by atoms with van der Waals surface area (Å²) in [5, 5.41) is 3.93. The molecule has 1 heterocycles. The van der Waals surface area contributed by atoms with Crippen LogP contribution >= 0.6 is 0 Å². The molecule has 1 aromatic heterocycles. The van der Waals surface area contributed by atoms with E-state index in [4.69, 9.17) is 0 Å². The summed E-state index contributed by atoms with van der Waals surface area (Å²) >= 11 is 0. The van der Waals surface area contributed by atoms with Crippen molar-refractivity contribution < 1.29 is 0 Å². The average Bonchev–Trinajstić information content (AvgIpc) is 2.38. The van der Waals surface area contributed by atoms with Gasteiger partial charge in [-0.05, 0) is 33.2 Å². The molecule has 0 aliphatic heterocycles. The predicted octanol–water partition coefficient (Wildman–Crippen LogP) is 0.963. The van der Waals surface area contributed by atoms with Gasteiger partial charge in [0.25, 0.3) is 5.56 Å². The van der Waals surface area contributed by atoms with Gasteiger partial charge >= 0.3 is 0 Å². The van der Waals surface area contributed by atoms with Crippen LogP contribution in [0, 0.1) is 0 Å². The van der Waals surface area contributed by atoms with E-state index in [2.05, 4.69) is 27.1 Å². The molecule has 1 aromatic carbocycles. The Morgan fingerprint density at radius 2 is 2.11 bits per heavy atom. The third-order valence-electron chi connectivity index (χ3n) is 3.28. The minimum Gasteiger partial charge on any atom is -0.309 e. The van der Waals surface area contributed by atoms with Crippen LogP contribution in [0.1, 0.15) is 12.7 Å². The molecule has 0 fully saturated rings. The molecule has 1 unspecified atom stereocenters. The molecule has 2 N–H and O–H groups in total. The zero-order valence-electron chi connectivity index (χ0n) is 11.6. The minimum atomic E-state index is -0.0805. The van der Waals surface area contributed by atoms with Crippen LogP contribution in [0.2, 0.25) is 0 Å². The summed E-state index contributed by atoms with van der Waals surface area (Å²) < 4.78 is 0. The number of aromatic amines is 1. The summed E-state index contributed by atoms with van der Waals surface area (Å²) in [6, 6.07) is 7.81. The highest BCUT2D eigenvalue weighted by atomic mass is 16.1. The molecule has 0 aliphatic rings. The van der Waals surface area contributed by atoms with E-state index >= 15 is 0 Å². The SMILES string of the molecule is CC(CNCc1nc2ccccc2c(=O)[nH]1)N(C)C. The first-order valence-electron chi connectivity index (χ1n) is 6.43. The number of para-hydroxylation sites is 1. The van der Waals surface area contributed by atoms with E-state index in [1.54, 1.807) is 6.07 Å².